The summed E-state index contributed by atoms with van der Waals surface area (Å²) in [7, 11) is 0. The number of fused-ring (bicyclic) bond motifs is 1. The normalized spacial score (nSPS) is 10.7. The standard InChI is InChI=1S/C16H21N3O3/c1-5-8-9-19-15-12(10-17-19)14(21-6-2)13(11(4)18-15)16(20)22-7-3/h5,10H,1,6-9H2,2-4H3. The van der Waals surface area contributed by atoms with Crippen molar-refractivity contribution in [2.24, 2.45) is 0 Å². The second kappa shape index (κ2) is 7.06. The number of carbonyl (C=O) groups excluding carboxylic acids is 1. The number of aromatic nitrogens is 3. The fraction of sp³-hybridized carbons (Fsp3) is 0.438. The third-order valence-corrected chi connectivity index (χ3v) is 3.23. The molecule has 2 aromatic rings. The molecule has 118 valence electrons. The Labute approximate surface area is 129 Å². The van der Waals surface area contributed by atoms with Crippen molar-refractivity contribution in [3.8, 4) is 5.75 Å². The van der Waals surface area contributed by atoms with Crippen LogP contribution in [0.1, 0.15) is 36.3 Å². The van der Waals surface area contributed by atoms with Crippen molar-refractivity contribution in [1.29, 1.82) is 0 Å². The van der Waals surface area contributed by atoms with Gasteiger partial charge in [0.05, 0.1) is 30.5 Å². The van der Waals surface area contributed by atoms with Crippen molar-refractivity contribution < 1.29 is 14.3 Å². The van der Waals surface area contributed by atoms with Gasteiger partial charge < -0.3 is 9.47 Å². The molecule has 0 saturated heterocycles. The summed E-state index contributed by atoms with van der Waals surface area (Å²) in [6.07, 6.45) is 4.30. The lowest BCUT2D eigenvalue weighted by Crippen LogP contribution is -2.12. The van der Waals surface area contributed by atoms with Gasteiger partial charge in [0.25, 0.3) is 0 Å². The van der Waals surface area contributed by atoms with Crippen LogP contribution in [0.5, 0.6) is 5.75 Å². The molecule has 2 aromatic heterocycles. The summed E-state index contributed by atoms with van der Waals surface area (Å²) in [5.41, 5.74) is 1.66. The number of hydrogen-bond donors (Lipinski definition) is 0. The van der Waals surface area contributed by atoms with Crippen molar-refractivity contribution >= 4 is 17.0 Å². The average molecular weight is 303 g/mol. The van der Waals surface area contributed by atoms with Crippen LogP contribution in [0.15, 0.2) is 18.9 Å². The smallest absolute Gasteiger partial charge is 0.343 e. The van der Waals surface area contributed by atoms with Gasteiger partial charge in [-0.1, -0.05) is 6.08 Å². The average Bonchev–Trinajstić information content (AvgIpc) is 2.88. The van der Waals surface area contributed by atoms with Gasteiger partial charge in [-0.3, -0.25) is 0 Å². The van der Waals surface area contributed by atoms with E-state index in [9.17, 15) is 4.79 Å². The van der Waals surface area contributed by atoms with Crippen molar-refractivity contribution in [3.63, 3.8) is 0 Å². The monoisotopic (exact) mass is 303 g/mol. The maximum Gasteiger partial charge on any atom is 0.343 e. The molecule has 0 atom stereocenters. The highest BCUT2D eigenvalue weighted by Crippen LogP contribution is 2.31. The van der Waals surface area contributed by atoms with Crippen LogP contribution in [-0.4, -0.2) is 33.9 Å². The van der Waals surface area contributed by atoms with Crippen LogP contribution >= 0.6 is 0 Å². The van der Waals surface area contributed by atoms with Crippen molar-refractivity contribution in [3.05, 3.63) is 30.1 Å². The van der Waals surface area contributed by atoms with Crippen LogP contribution in [0.2, 0.25) is 0 Å². The van der Waals surface area contributed by atoms with E-state index in [4.69, 9.17) is 9.47 Å². The van der Waals surface area contributed by atoms with E-state index in [2.05, 4.69) is 16.7 Å². The summed E-state index contributed by atoms with van der Waals surface area (Å²) in [4.78, 5) is 16.7. The molecule has 0 spiro atoms. The van der Waals surface area contributed by atoms with Gasteiger partial charge in [-0.05, 0) is 27.2 Å². The number of hydrogen-bond acceptors (Lipinski definition) is 5. The molecular formula is C16H21N3O3. The highest BCUT2D eigenvalue weighted by Gasteiger charge is 2.23. The summed E-state index contributed by atoms with van der Waals surface area (Å²) < 4.78 is 12.6. The molecule has 0 bridgehead atoms. The number of pyridine rings is 1. The summed E-state index contributed by atoms with van der Waals surface area (Å²) in [5.74, 6) is 0.0741. The zero-order chi connectivity index (χ0) is 16.1. The van der Waals surface area contributed by atoms with Gasteiger partial charge in [0, 0.05) is 6.54 Å². The Morgan fingerprint density at radius 1 is 1.41 bits per heavy atom. The molecule has 6 heteroatoms. The van der Waals surface area contributed by atoms with Crippen molar-refractivity contribution in [2.75, 3.05) is 13.2 Å². The predicted octanol–water partition coefficient (Wildman–Crippen LogP) is 2.89. The van der Waals surface area contributed by atoms with E-state index in [0.717, 1.165) is 11.8 Å². The van der Waals surface area contributed by atoms with E-state index < -0.39 is 5.97 Å². The van der Waals surface area contributed by atoms with Crippen LogP contribution in [0.25, 0.3) is 11.0 Å². The lowest BCUT2D eigenvalue weighted by atomic mass is 10.1. The summed E-state index contributed by atoms with van der Waals surface area (Å²) in [6.45, 7) is 10.6. The Balaban J connectivity index is 2.61. The largest absolute Gasteiger partial charge is 0.492 e. The van der Waals surface area contributed by atoms with Crippen LogP contribution < -0.4 is 4.74 Å². The van der Waals surface area contributed by atoms with Gasteiger partial charge in [0.1, 0.15) is 11.3 Å². The Hall–Kier alpha value is -2.37. The molecule has 0 N–H and O–H groups in total. The van der Waals surface area contributed by atoms with Gasteiger partial charge in [-0.25, -0.2) is 14.5 Å². The molecule has 0 unspecified atom stereocenters. The fourth-order valence-electron chi connectivity index (χ4n) is 2.29. The van der Waals surface area contributed by atoms with Gasteiger partial charge >= 0.3 is 5.97 Å². The first-order valence-electron chi connectivity index (χ1n) is 7.40. The van der Waals surface area contributed by atoms with Gasteiger partial charge in [0.2, 0.25) is 0 Å². The Bertz CT molecular complexity index is 691. The molecule has 0 fully saturated rings. The minimum Gasteiger partial charge on any atom is -0.492 e. The number of allylic oxidation sites excluding steroid dienone is 1. The third-order valence-electron chi connectivity index (χ3n) is 3.23. The lowest BCUT2D eigenvalue weighted by Gasteiger charge is -2.13. The molecular weight excluding hydrogens is 282 g/mol. The molecule has 0 radical (unpaired) electrons. The summed E-state index contributed by atoms with van der Waals surface area (Å²) in [5, 5.41) is 5.06. The van der Waals surface area contributed by atoms with Crippen LogP contribution in [0, 0.1) is 6.92 Å². The minimum atomic E-state index is -0.420. The van der Waals surface area contributed by atoms with E-state index in [1.54, 1.807) is 24.7 Å². The quantitative estimate of drug-likeness (QED) is 0.581. The Morgan fingerprint density at radius 3 is 2.82 bits per heavy atom. The molecule has 22 heavy (non-hydrogen) atoms. The highest BCUT2D eigenvalue weighted by atomic mass is 16.5. The van der Waals surface area contributed by atoms with E-state index in [0.29, 0.717) is 42.4 Å². The molecule has 2 rings (SSSR count). The third kappa shape index (κ3) is 2.95. The number of nitrogens with zero attached hydrogens (tertiary/aromatic N) is 3. The molecule has 2 heterocycles. The van der Waals surface area contributed by atoms with E-state index in [1.165, 1.54) is 0 Å². The van der Waals surface area contributed by atoms with E-state index in [-0.39, 0.29) is 0 Å². The molecule has 0 aromatic carbocycles. The molecule has 6 nitrogen and oxygen atoms in total. The second-order valence-corrected chi connectivity index (χ2v) is 4.74. The SMILES string of the molecule is C=CCCn1ncc2c(OCC)c(C(=O)OCC)c(C)nc21. The van der Waals surface area contributed by atoms with Crippen LogP contribution in [-0.2, 0) is 11.3 Å². The Morgan fingerprint density at radius 2 is 2.18 bits per heavy atom. The number of ether oxygens (including phenoxy) is 2. The van der Waals surface area contributed by atoms with Gasteiger partial charge in [0.15, 0.2) is 5.65 Å². The first kappa shape index (κ1) is 16.0. The maximum atomic E-state index is 12.2. The van der Waals surface area contributed by atoms with E-state index >= 15 is 0 Å². The summed E-state index contributed by atoms with van der Waals surface area (Å²) in [6, 6.07) is 0. The first-order chi connectivity index (χ1) is 10.6. The first-order valence-corrected chi connectivity index (χ1v) is 7.40. The van der Waals surface area contributed by atoms with Crippen LogP contribution in [0.4, 0.5) is 0 Å². The second-order valence-electron chi connectivity index (χ2n) is 4.74. The zero-order valence-electron chi connectivity index (χ0n) is 13.3. The highest BCUT2D eigenvalue weighted by molar-refractivity contribution is 6.00. The van der Waals surface area contributed by atoms with Gasteiger partial charge in [-0.2, -0.15) is 5.10 Å². The fourth-order valence-corrected chi connectivity index (χ4v) is 2.29. The molecule has 0 aliphatic heterocycles. The molecule has 0 aliphatic carbocycles. The van der Waals surface area contributed by atoms with E-state index in [1.807, 2.05) is 13.0 Å². The van der Waals surface area contributed by atoms with Crippen molar-refractivity contribution in [1.82, 2.24) is 14.8 Å². The topological polar surface area (TPSA) is 66.2 Å². The van der Waals surface area contributed by atoms with Crippen molar-refractivity contribution in [2.45, 2.75) is 33.7 Å². The van der Waals surface area contributed by atoms with Crippen LogP contribution in [0.3, 0.4) is 0 Å². The summed E-state index contributed by atoms with van der Waals surface area (Å²) >= 11 is 0. The molecule has 0 saturated carbocycles. The zero-order valence-corrected chi connectivity index (χ0v) is 13.3. The van der Waals surface area contributed by atoms with Gasteiger partial charge in [-0.15, -0.1) is 6.58 Å². The number of rotatable bonds is 7. The molecule has 0 aliphatic rings. The number of esters is 1. The number of aryl methyl sites for hydroxylation is 2. The predicted molar refractivity (Wildman–Crippen MR) is 84.2 cm³/mol. The Kier molecular flexibility index (Phi) is 5.14. The lowest BCUT2D eigenvalue weighted by molar-refractivity contribution is 0.0521. The maximum absolute atomic E-state index is 12.2. The number of carbonyl (C=O) groups is 1. The molecule has 0 amide bonds. The minimum absolute atomic E-state index is 0.306.